The Hall–Kier alpha value is -3.94. The molecule has 41 heavy (non-hydrogen) atoms. The van der Waals surface area contributed by atoms with Crippen molar-refractivity contribution in [2.75, 3.05) is 48.4 Å². The topological polar surface area (TPSA) is 71.8 Å². The van der Waals surface area contributed by atoms with Crippen molar-refractivity contribution in [3.05, 3.63) is 88.4 Å². The Morgan fingerprint density at radius 1 is 1.07 bits per heavy atom. The maximum Gasteiger partial charge on any atom is 0.416 e. The second-order valence-electron chi connectivity index (χ2n) is 10.2. The van der Waals surface area contributed by atoms with Gasteiger partial charge < -0.3 is 19.9 Å². The van der Waals surface area contributed by atoms with Gasteiger partial charge in [-0.2, -0.15) is 18.4 Å². The molecule has 214 valence electrons. The zero-order chi connectivity index (χ0) is 29.4. The van der Waals surface area contributed by atoms with Gasteiger partial charge in [0.1, 0.15) is 0 Å². The summed E-state index contributed by atoms with van der Waals surface area (Å²) in [7, 11) is 1.28. The van der Waals surface area contributed by atoms with E-state index in [0.717, 1.165) is 17.8 Å². The van der Waals surface area contributed by atoms with Gasteiger partial charge in [0.05, 0.1) is 36.8 Å². The summed E-state index contributed by atoms with van der Waals surface area (Å²) in [4.78, 5) is 18.9. The molecule has 7 nitrogen and oxygen atoms in total. The monoisotopic (exact) mass is 583 g/mol. The standard InChI is InChI=1S/C30H29ClF3N5O2/c1-29(38-13-11-37(12-14-38)23-7-4-6-22(31)17-23)36-26-10-9-20(19-35)15-25(26)27(18-28(40)41-2)39(29)24-8-3-5-21(16-24)30(32,33)34/h3-10,15-17,27,36H,11-14,18H2,1-2H3. The fourth-order valence-corrected chi connectivity index (χ4v) is 5.97. The second-order valence-corrected chi connectivity index (χ2v) is 10.7. The number of nitrogens with zero attached hydrogens (tertiary/aromatic N) is 4. The van der Waals surface area contributed by atoms with E-state index in [-0.39, 0.29) is 12.1 Å². The van der Waals surface area contributed by atoms with Gasteiger partial charge in [0, 0.05) is 48.3 Å². The molecule has 2 atom stereocenters. The van der Waals surface area contributed by atoms with Crippen LogP contribution in [0.25, 0.3) is 0 Å². The van der Waals surface area contributed by atoms with E-state index < -0.39 is 29.5 Å². The van der Waals surface area contributed by atoms with E-state index in [2.05, 4.69) is 21.2 Å². The molecule has 1 N–H and O–H groups in total. The lowest BCUT2D eigenvalue weighted by molar-refractivity contribution is -0.141. The number of fused-ring (bicyclic) bond motifs is 1. The van der Waals surface area contributed by atoms with Gasteiger partial charge in [0.25, 0.3) is 0 Å². The van der Waals surface area contributed by atoms with Crippen molar-refractivity contribution in [1.29, 1.82) is 5.26 Å². The molecule has 0 saturated carbocycles. The fourth-order valence-electron chi connectivity index (χ4n) is 5.79. The Kier molecular flexibility index (Phi) is 7.77. The molecule has 1 saturated heterocycles. The number of carbonyl (C=O) groups excluding carboxylic acids is 1. The molecule has 3 aromatic rings. The van der Waals surface area contributed by atoms with Crippen molar-refractivity contribution >= 4 is 34.6 Å². The molecule has 3 aromatic carbocycles. The lowest BCUT2D eigenvalue weighted by Gasteiger charge is -2.58. The molecule has 0 amide bonds. The maximum absolute atomic E-state index is 13.8. The van der Waals surface area contributed by atoms with Crippen LogP contribution in [0.15, 0.2) is 66.7 Å². The number of halogens is 4. The molecule has 0 radical (unpaired) electrons. The van der Waals surface area contributed by atoms with Gasteiger partial charge >= 0.3 is 12.1 Å². The Morgan fingerprint density at radius 3 is 2.44 bits per heavy atom. The van der Waals surface area contributed by atoms with Crippen LogP contribution in [0.3, 0.4) is 0 Å². The van der Waals surface area contributed by atoms with Crippen LogP contribution in [0, 0.1) is 11.3 Å². The van der Waals surface area contributed by atoms with Gasteiger partial charge in [0.15, 0.2) is 5.79 Å². The van der Waals surface area contributed by atoms with E-state index in [0.29, 0.717) is 48.0 Å². The van der Waals surface area contributed by atoms with Gasteiger partial charge in [-0.05, 0) is 67.1 Å². The minimum Gasteiger partial charge on any atom is -0.469 e. The molecule has 0 bridgehead atoms. The Morgan fingerprint density at radius 2 is 1.78 bits per heavy atom. The third-order valence-corrected chi connectivity index (χ3v) is 8.04. The number of alkyl halides is 3. The molecule has 5 rings (SSSR count). The van der Waals surface area contributed by atoms with Crippen LogP contribution in [0.1, 0.15) is 36.1 Å². The predicted octanol–water partition coefficient (Wildman–Crippen LogP) is 6.26. The van der Waals surface area contributed by atoms with Crippen LogP contribution in [-0.2, 0) is 15.7 Å². The summed E-state index contributed by atoms with van der Waals surface area (Å²) in [5, 5.41) is 13.8. The summed E-state index contributed by atoms with van der Waals surface area (Å²) in [5.41, 5.74) is 2.18. The third-order valence-electron chi connectivity index (χ3n) is 7.80. The van der Waals surface area contributed by atoms with Gasteiger partial charge in [-0.15, -0.1) is 0 Å². The zero-order valence-corrected chi connectivity index (χ0v) is 23.3. The highest BCUT2D eigenvalue weighted by Gasteiger charge is 2.48. The number of nitrogens with one attached hydrogen (secondary N) is 1. The van der Waals surface area contributed by atoms with Crippen molar-refractivity contribution in [2.24, 2.45) is 0 Å². The molecule has 2 aliphatic rings. The Bertz CT molecular complexity index is 1490. The third kappa shape index (κ3) is 5.65. The number of piperazine rings is 1. The smallest absolute Gasteiger partial charge is 0.416 e. The van der Waals surface area contributed by atoms with Gasteiger partial charge in [-0.3, -0.25) is 9.69 Å². The molecule has 2 aliphatic heterocycles. The van der Waals surface area contributed by atoms with Gasteiger partial charge in [-0.25, -0.2) is 0 Å². The minimum atomic E-state index is -4.55. The normalized spacial score (nSPS) is 21.0. The second kappa shape index (κ2) is 11.1. The van der Waals surface area contributed by atoms with Gasteiger partial charge in [-0.1, -0.05) is 23.7 Å². The summed E-state index contributed by atoms with van der Waals surface area (Å²) >= 11 is 6.22. The van der Waals surface area contributed by atoms with E-state index in [4.69, 9.17) is 16.3 Å². The SMILES string of the molecule is COC(=O)CC1c2cc(C#N)ccc2NC(C)(N2CCN(c3cccc(Cl)c3)CC2)N1c1cccc(C(F)(F)F)c1. The number of methoxy groups -OCH3 is 1. The number of esters is 1. The molecule has 0 aliphatic carbocycles. The molecule has 11 heteroatoms. The maximum atomic E-state index is 13.8. The number of nitriles is 1. The molecule has 2 heterocycles. The highest BCUT2D eigenvalue weighted by Crippen LogP contribution is 2.47. The largest absolute Gasteiger partial charge is 0.469 e. The first-order chi connectivity index (χ1) is 19.5. The van der Waals surface area contributed by atoms with E-state index in [1.807, 2.05) is 36.1 Å². The van der Waals surface area contributed by atoms with Crippen molar-refractivity contribution < 1.29 is 22.7 Å². The van der Waals surface area contributed by atoms with E-state index >= 15 is 0 Å². The van der Waals surface area contributed by atoms with Crippen molar-refractivity contribution in [3.8, 4) is 6.07 Å². The number of rotatable bonds is 5. The van der Waals surface area contributed by atoms with Crippen LogP contribution < -0.4 is 15.1 Å². The average Bonchev–Trinajstić information content (AvgIpc) is 2.96. The first-order valence-electron chi connectivity index (χ1n) is 13.1. The Balaban J connectivity index is 1.60. The summed E-state index contributed by atoms with van der Waals surface area (Å²) in [6, 6.07) is 19.3. The van der Waals surface area contributed by atoms with E-state index in [1.165, 1.54) is 13.2 Å². The zero-order valence-electron chi connectivity index (χ0n) is 22.6. The molecule has 0 spiro atoms. The van der Waals surface area contributed by atoms with Crippen molar-refractivity contribution in [1.82, 2.24) is 4.90 Å². The van der Waals surface area contributed by atoms with E-state index in [9.17, 15) is 23.2 Å². The summed E-state index contributed by atoms with van der Waals surface area (Å²) in [6.07, 6.45) is -4.68. The highest BCUT2D eigenvalue weighted by atomic mass is 35.5. The number of carbonyl (C=O) groups is 1. The number of hydrogen-bond acceptors (Lipinski definition) is 7. The summed E-state index contributed by atoms with van der Waals surface area (Å²) < 4.78 is 46.5. The number of hydrogen-bond donors (Lipinski definition) is 1. The summed E-state index contributed by atoms with van der Waals surface area (Å²) in [6.45, 7) is 4.35. The van der Waals surface area contributed by atoms with Crippen molar-refractivity contribution in [3.63, 3.8) is 0 Å². The average molecular weight is 584 g/mol. The lowest BCUT2D eigenvalue weighted by atomic mass is 9.91. The van der Waals surface area contributed by atoms with Crippen LogP contribution >= 0.6 is 11.6 Å². The van der Waals surface area contributed by atoms with E-state index in [1.54, 1.807) is 24.3 Å². The molecular weight excluding hydrogens is 555 g/mol. The number of benzene rings is 3. The van der Waals surface area contributed by atoms with Crippen molar-refractivity contribution in [2.45, 2.75) is 31.3 Å². The number of anilines is 3. The first kappa shape index (κ1) is 28.6. The first-order valence-corrected chi connectivity index (χ1v) is 13.5. The highest BCUT2D eigenvalue weighted by molar-refractivity contribution is 6.30. The fraction of sp³-hybridized carbons (Fsp3) is 0.333. The number of ether oxygens (including phenoxy) is 1. The van der Waals surface area contributed by atoms with Crippen LogP contribution in [0.5, 0.6) is 0 Å². The van der Waals surface area contributed by atoms with Crippen LogP contribution in [0.4, 0.5) is 30.2 Å². The molecule has 0 aromatic heterocycles. The Labute approximate surface area is 241 Å². The minimum absolute atomic E-state index is 0.131. The predicted molar refractivity (Wildman–Crippen MR) is 152 cm³/mol. The van der Waals surface area contributed by atoms with Gasteiger partial charge in [0.2, 0.25) is 0 Å². The molecular formula is C30H29ClF3N5O2. The van der Waals surface area contributed by atoms with Crippen LogP contribution in [0.2, 0.25) is 5.02 Å². The molecule has 1 fully saturated rings. The quantitative estimate of drug-likeness (QED) is 0.355. The molecule has 2 unspecified atom stereocenters. The summed E-state index contributed by atoms with van der Waals surface area (Å²) in [5.74, 6) is -1.56. The van der Waals surface area contributed by atoms with Crippen LogP contribution in [-0.4, -0.2) is 49.9 Å². The lowest BCUT2D eigenvalue weighted by Crippen LogP contribution is -2.70.